The number of nitrogens with zero attached hydrogens (tertiary/aromatic N) is 3. The molecule has 0 aromatic carbocycles. The molecule has 1 N–H and O–H groups in total. The lowest BCUT2D eigenvalue weighted by molar-refractivity contribution is -0.148. The van der Waals surface area contributed by atoms with Crippen molar-refractivity contribution in [3.8, 4) is 0 Å². The molecule has 1 aliphatic heterocycles. The Morgan fingerprint density at radius 2 is 2.32 bits per heavy atom. The Bertz CT molecular complexity index is 500. The van der Waals surface area contributed by atoms with Crippen LogP contribution >= 0.6 is 0 Å². The lowest BCUT2D eigenvalue weighted by Crippen LogP contribution is -2.56. The van der Waals surface area contributed by atoms with E-state index in [0.717, 1.165) is 38.0 Å². The molecular weight excluding hydrogens is 280 g/mol. The Balaban J connectivity index is 1.43. The maximum atomic E-state index is 12.5. The molecule has 6 nitrogen and oxygen atoms in total. The van der Waals surface area contributed by atoms with Crippen LogP contribution in [0.2, 0.25) is 0 Å². The fraction of sp³-hybridized carbons (Fsp3) is 0.750. The first-order valence-electron chi connectivity index (χ1n) is 8.35. The Hall–Kier alpha value is -1.40. The molecule has 1 aromatic heterocycles. The molecule has 2 fully saturated rings. The number of rotatable bonds is 5. The van der Waals surface area contributed by atoms with Crippen LogP contribution in [0.1, 0.15) is 31.2 Å². The van der Waals surface area contributed by atoms with Crippen molar-refractivity contribution in [1.29, 1.82) is 0 Å². The van der Waals surface area contributed by atoms with Gasteiger partial charge in [0, 0.05) is 19.3 Å². The standard InChI is InChI=1S/C16H26N4O2/c1-13-10-18-19(12-13)7-6-17-11-16(21)20-8-9-22-15-5-3-2-4-14(15)20/h10,12,14-15,17H,2-9,11H2,1H3/t14-,15-/m0/s1. The number of morpholine rings is 1. The van der Waals surface area contributed by atoms with Gasteiger partial charge < -0.3 is 15.0 Å². The minimum Gasteiger partial charge on any atom is -0.374 e. The fourth-order valence-corrected chi connectivity index (χ4v) is 3.49. The summed E-state index contributed by atoms with van der Waals surface area (Å²) in [6.45, 7) is 5.39. The topological polar surface area (TPSA) is 59.4 Å². The predicted octanol–water partition coefficient (Wildman–Crippen LogP) is 0.951. The summed E-state index contributed by atoms with van der Waals surface area (Å²) in [4.78, 5) is 14.5. The van der Waals surface area contributed by atoms with Gasteiger partial charge in [0.05, 0.1) is 38.0 Å². The van der Waals surface area contributed by atoms with Crippen LogP contribution in [0.4, 0.5) is 0 Å². The van der Waals surface area contributed by atoms with Crippen LogP contribution in [-0.4, -0.2) is 59.0 Å². The zero-order valence-corrected chi connectivity index (χ0v) is 13.3. The first-order chi connectivity index (χ1) is 10.7. The van der Waals surface area contributed by atoms with E-state index >= 15 is 0 Å². The Morgan fingerprint density at radius 3 is 3.14 bits per heavy atom. The van der Waals surface area contributed by atoms with Crippen LogP contribution in [0.5, 0.6) is 0 Å². The molecule has 1 aliphatic carbocycles. The third-order valence-corrected chi connectivity index (χ3v) is 4.61. The van der Waals surface area contributed by atoms with E-state index in [4.69, 9.17) is 4.74 Å². The van der Waals surface area contributed by atoms with E-state index in [1.54, 1.807) is 0 Å². The first kappa shape index (κ1) is 15.5. The van der Waals surface area contributed by atoms with Gasteiger partial charge in [-0.05, 0) is 25.3 Å². The van der Waals surface area contributed by atoms with Gasteiger partial charge in [-0.15, -0.1) is 0 Å². The van der Waals surface area contributed by atoms with Gasteiger partial charge in [0.15, 0.2) is 0 Å². The van der Waals surface area contributed by atoms with Gasteiger partial charge in [-0.1, -0.05) is 12.8 Å². The summed E-state index contributed by atoms with van der Waals surface area (Å²) < 4.78 is 7.72. The number of ether oxygens (including phenoxy) is 1. The highest BCUT2D eigenvalue weighted by Gasteiger charge is 2.36. The molecular formula is C16H26N4O2. The van der Waals surface area contributed by atoms with E-state index in [0.29, 0.717) is 19.2 Å². The molecule has 0 unspecified atom stereocenters. The molecule has 2 heterocycles. The van der Waals surface area contributed by atoms with Crippen LogP contribution in [0, 0.1) is 6.92 Å². The quantitative estimate of drug-likeness (QED) is 0.823. The molecule has 1 aromatic rings. The van der Waals surface area contributed by atoms with Gasteiger partial charge in [0.2, 0.25) is 5.91 Å². The van der Waals surface area contributed by atoms with Gasteiger partial charge in [-0.2, -0.15) is 5.10 Å². The van der Waals surface area contributed by atoms with Crippen molar-refractivity contribution in [1.82, 2.24) is 20.0 Å². The maximum absolute atomic E-state index is 12.5. The summed E-state index contributed by atoms with van der Waals surface area (Å²) in [6, 6.07) is 0.297. The first-order valence-corrected chi connectivity index (χ1v) is 8.35. The van der Waals surface area contributed by atoms with Gasteiger partial charge >= 0.3 is 0 Å². The molecule has 1 saturated heterocycles. The van der Waals surface area contributed by atoms with Crippen molar-refractivity contribution in [2.24, 2.45) is 0 Å². The summed E-state index contributed by atoms with van der Waals surface area (Å²) in [6.07, 6.45) is 8.74. The average molecular weight is 306 g/mol. The number of aromatic nitrogens is 2. The largest absolute Gasteiger partial charge is 0.374 e. The molecule has 1 amide bonds. The van der Waals surface area contributed by atoms with Crippen LogP contribution in [0.25, 0.3) is 0 Å². The van der Waals surface area contributed by atoms with Crippen LogP contribution in [-0.2, 0) is 16.1 Å². The number of fused-ring (bicyclic) bond motifs is 1. The predicted molar refractivity (Wildman–Crippen MR) is 83.5 cm³/mol. The van der Waals surface area contributed by atoms with E-state index in [9.17, 15) is 4.79 Å². The normalized spacial score (nSPS) is 25.0. The highest BCUT2D eigenvalue weighted by atomic mass is 16.5. The van der Waals surface area contributed by atoms with Crippen molar-refractivity contribution < 1.29 is 9.53 Å². The lowest BCUT2D eigenvalue weighted by Gasteiger charge is -2.43. The van der Waals surface area contributed by atoms with Gasteiger partial charge in [0.25, 0.3) is 0 Å². The Kier molecular flexibility index (Phi) is 5.10. The summed E-state index contributed by atoms with van der Waals surface area (Å²) in [5.74, 6) is 0.205. The van der Waals surface area contributed by atoms with Crippen molar-refractivity contribution in [2.75, 3.05) is 26.2 Å². The fourth-order valence-electron chi connectivity index (χ4n) is 3.49. The van der Waals surface area contributed by atoms with E-state index in [1.165, 1.54) is 12.8 Å². The van der Waals surface area contributed by atoms with Crippen molar-refractivity contribution in [2.45, 2.75) is 51.3 Å². The van der Waals surface area contributed by atoms with Crippen molar-refractivity contribution in [3.05, 3.63) is 18.0 Å². The minimum atomic E-state index is 0.205. The summed E-state index contributed by atoms with van der Waals surface area (Å²) in [5.41, 5.74) is 1.16. The number of carbonyl (C=O) groups is 1. The Labute approximate surface area is 131 Å². The van der Waals surface area contributed by atoms with E-state index in [-0.39, 0.29) is 12.0 Å². The van der Waals surface area contributed by atoms with Crippen LogP contribution < -0.4 is 5.32 Å². The van der Waals surface area contributed by atoms with Gasteiger partial charge in [0.1, 0.15) is 0 Å². The number of nitrogens with one attached hydrogen (secondary N) is 1. The molecule has 6 heteroatoms. The molecule has 0 spiro atoms. The Morgan fingerprint density at radius 1 is 1.45 bits per heavy atom. The summed E-state index contributed by atoms with van der Waals surface area (Å²) in [5, 5.41) is 7.48. The van der Waals surface area contributed by atoms with Crippen LogP contribution in [0.3, 0.4) is 0 Å². The number of amides is 1. The van der Waals surface area contributed by atoms with Crippen molar-refractivity contribution >= 4 is 5.91 Å². The minimum absolute atomic E-state index is 0.205. The van der Waals surface area contributed by atoms with E-state index < -0.39 is 0 Å². The molecule has 2 aliphatic rings. The zero-order valence-electron chi connectivity index (χ0n) is 13.3. The van der Waals surface area contributed by atoms with Crippen LogP contribution in [0.15, 0.2) is 12.4 Å². The molecule has 0 radical (unpaired) electrons. The average Bonchev–Trinajstić information content (AvgIpc) is 2.96. The molecule has 0 bridgehead atoms. The molecule has 22 heavy (non-hydrogen) atoms. The van der Waals surface area contributed by atoms with Gasteiger partial charge in [-0.25, -0.2) is 0 Å². The third kappa shape index (κ3) is 3.67. The maximum Gasteiger partial charge on any atom is 0.236 e. The highest BCUT2D eigenvalue weighted by molar-refractivity contribution is 5.78. The highest BCUT2D eigenvalue weighted by Crippen LogP contribution is 2.28. The second-order valence-electron chi connectivity index (χ2n) is 6.31. The molecule has 2 atom stereocenters. The van der Waals surface area contributed by atoms with E-state index in [1.807, 2.05) is 28.9 Å². The second-order valence-corrected chi connectivity index (χ2v) is 6.31. The molecule has 1 saturated carbocycles. The number of hydrogen-bond donors (Lipinski definition) is 1. The lowest BCUT2D eigenvalue weighted by atomic mass is 9.90. The zero-order chi connectivity index (χ0) is 15.4. The van der Waals surface area contributed by atoms with Gasteiger partial charge in [-0.3, -0.25) is 9.48 Å². The molecule has 3 rings (SSSR count). The SMILES string of the molecule is Cc1cnn(CCNCC(=O)N2CCO[C@H]3CCCC[C@@H]32)c1. The summed E-state index contributed by atoms with van der Waals surface area (Å²) in [7, 11) is 0. The number of carbonyl (C=O) groups excluding carboxylic acids is 1. The van der Waals surface area contributed by atoms with E-state index in [2.05, 4.69) is 10.4 Å². The summed E-state index contributed by atoms with van der Waals surface area (Å²) >= 11 is 0. The third-order valence-electron chi connectivity index (χ3n) is 4.61. The number of hydrogen-bond acceptors (Lipinski definition) is 4. The number of aryl methyl sites for hydroxylation is 1. The van der Waals surface area contributed by atoms with Crippen molar-refractivity contribution in [3.63, 3.8) is 0 Å². The second kappa shape index (κ2) is 7.24. The molecule has 122 valence electrons. The monoisotopic (exact) mass is 306 g/mol. The smallest absolute Gasteiger partial charge is 0.236 e.